The Morgan fingerprint density at radius 2 is 2.20 bits per heavy atom. The fourth-order valence-corrected chi connectivity index (χ4v) is 2.58. The number of carbonyl (C=O) groups excluding carboxylic acids is 1. The van der Waals surface area contributed by atoms with Gasteiger partial charge in [0.2, 0.25) is 5.91 Å². The van der Waals surface area contributed by atoms with Crippen LogP contribution in [0.15, 0.2) is 24.3 Å². The number of rotatable bonds is 5. The van der Waals surface area contributed by atoms with E-state index in [1.807, 2.05) is 25.2 Å². The van der Waals surface area contributed by atoms with Crippen molar-refractivity contribution in [2.75, 3.05) is 33.3 Å². The highest BCUT2D eigenvalue weighted by Crippen LogP contribution is 2.23. The molecule has 0 aromatic heterocycles. The third-order valence-corrected chi connectivity index (χ3v) is 4.04. The molecule has 2 rings (SSSR count). The first-order valence-corrected chi connectivity index (χ1v) is 7.30. The summed E-state index contributed by atoms with van der Waals surface area (Å²) in [4.78, 5) is 14.0. The minimum Gasteiger partial charge on any atom is -0.490 e. The molecule has 1 aromatic rings. The molecule has 20 heavy (non-hydrogen) atoms. The van der Waals surface area contributed by atoms with Crippen molar-refractivity contribution in [3.63, 3.8) is 0 Å². The zero-order chi connectivity index (χ0) is 14.5. The molecule has 0 spiro atoms. The second-order valence-electron chi connectivity index (χ2n) is 5.28. The Morgan fingerprint density at radius 1 is 1.45 bits per heavy atom. The predicted molar refractivity (Wildman–Crippen MR) is 80.1 cm³/mol. The molecule has 1 aliphatic heterocycles. The minimum absolute atomic E-state index is 0.0836. The van der Waals surface area contributed by atoms with E-state index in [4.69, 9.17) is 16.3 Å². The molecule has 4 nitrogen and oxygen atoms in total. The highest BCUT2D eigenvalue weighted by molar-refractivity contribution is 6.32. The second kappa shape index (κ2) is 6.95. The molecule has 0 saturated carbocycles. The van der Waals surface area contributed by atoms with Crippen LogP contribution in [0.25, 0.3) is 0 Å². The Kier molecular flexibility index (Phi) is 5.26. The first-order valence-electron chi connectivity index (χ1n) is 6.92. The Hall–Kier alpha value is -1.26. The Balaban J connectivity index is 1.79. The quantitative estimate of drug-likeness (QED) is 0.904. The number of hydrogen-bond donors (Lipinski definition) is 1. The largest absolute Gasteiger partial charge is 0.490 e. The van der Waals surface area contributed by atoms with Gasteiger partial charge in [0.15, 0.2) is 0 Å². The van der Waals surface area contributed by atoms with E-state index in [1.165, 1.54) is 0 Å². The van der Waals surface area contributed by atoms with Crippen molar-refractivity contribution in [3.8, 4) is 5.75 Å². The standard InChI is InChI=1S/C15H21ClN2O2/c1-11-9-17-10-12(11)15(19)18(2)7-8-20-14-6-4-3-5-13(14)16/h3-6,11-12,17H,7-10H2,1-2H3/t11-,12-/m1/s1. The molecule has 0 bridgehead atoms. The lowest BCUT2D eigenvalue weighted by Crippen LogP contribution is -2.38. The van der Waals surface area contributed by atoms with Crippen molar-refractivity contribution in [1.82, 2.24) is 10.2 Å². The van der Waals surface area contributed by atoms with Gasteiger partial charge in [-0.2, -0.15) is 0 Å². The molecule has 1 amide bonds. The maximum atomic E-state index is 12.3. The molecular weight excluding hydrogens is 276 g/mol. The average molecular weight is 297 g/mol. The normalized spacial score (nSPS) is 21.8. The summed E-state index contributed by atoms with van der Waals surface area (Å²) >= 11 is 6.01. The van der Waals surface area contributed by atoms with Gasteiger partial charge >= 0.3 is 0 Å². The molecule has 1 heterocycles. The monoisotopic (exact) mass is 296 g/mol. The smallest absolute Gasteiger partial charge is 0.227 e. The summed E-state index contributed by atoms with van der Waals surface area (Å²) in [5.74, 6) is 1.32. The molecule has 0 radical (unpaired) electrons. The minimum atomic E-state index is 0.0836. The lowest BCUT2D eigenvalue weighted by Gasteiger charge is -2.23. The van der Waals surface area contributed by atoms with Crippen LogP contribution in [0.1, 0.15) is 6.92 Å². The van der Waals surface area contributed by atoms with Crippen LogP contribution in [-0.4, -0.2) is 44.1 Å². The van der Waals surface area contributed by atoms with Crippen molar-refractivity contribution in [1.29, 1.82) is 0 Å². The van der Waals surface area contributed by atoms with Crippen LogP contribution < -0.4 is 10.1 Å². The van der Waals surface area contributed by atoms with E-state index >= 15 is 0 Å². The number of nitrogens with one attached hydrogen (secondary N) is 1. The number of para-hydroxylation sites is 1. The topological polar surface area (TPSA) is 41.6 Å². The van der Waals surface area contributed by atoms with Crippen LogP contribution in [0, 0.1) is 11.8 Å². The molecule has 1 aromatic carbocycles. The first-order chi connectivity index (χ1) is 9.59. The fraction of sp³-hybridized carbons (Fsp3) is 0.533. The van der Waals surface area contributed by atoms with E-state index in [2.05, 4.69) is 12.2 Å². The number of halogens is 1. The van der Waals surface area contributed by atoms with Crippen LogP contribution in [0.3, 0.4) is 0 Å². The number of hydrogen-bond acceptors (Lipinski definition) is 3. The first kappa shape index (κ1) is 15.1. The van der Waals surface area contributed by atoms with Gasteiger partial charge in [0.05, 0.1) is 17.5 Å². The predicted octanol–water partition coefficient (Wildman–Crippen LogP) is 2.03. The van der Waals surface area contributed by atoms with Gasteiger partial charge in [-0.15, -0.1) is 0 Å². The summed E-state index contributed by atoms with van der Waals surface area (Å²) in [5.41, 5.74) is 0. The van der Waals surface area contributed by atoms with Crippen LogP contribution >= 0.6 is 11.6 Å². The van der Waals surface area contributed by atoms with Crippen molar-refractivity contribution in [2.45, 2.75) is 6.92 Å². The second-order valence-corrected chi connectivity index (χ2v) is 5.69. The van der Waals surface area contributed by atoms with Gasteiger partial charge in [0.25, 0.3) is 0 Å². The summed E-state index contributed by atoms with van der Waals surface area (Å²) in [5, 5.41) is 3.84. The van der Waals surface area contributed by atoms with Gasteiger partial charge in [0, 0.05) is 13.6 Å². The molecule has 1 N–H and O–H groups in total. The number of likely N-dealkylation sites (N-methyl/N-ethyl adjacent to an activating group) is 1. The van der Waals surface area contributed by atoms with E-state index in [0.717, 1.165) is 13.1 Å². The molecular formula is C15H21ClN2O2. The molecule has 110 valence electrons. The van der Waals surface area contributed by atoms with Crippen LogP contribution in [0.4, 0.5) is 0 Å². The van der Waals surface area contributed by atoms with Gasteiger partial charge < -0.3 is 15.0 Å². The van der Waals surface area contributed by atoms with Crippen molar-refractivity contribution in [3.05, 3.63) is 29.3 Å². The van der Waals surface area contributed by atoms with Gasteiger partial charge in [0.1, 0.15) is 12.4 Å². The third-order valence-electron chi connectivity index (χ3n) is 3.73. The molecule has 0 unspecified atom stereocenters. The number of carbonyl (C=O) groups is 1. The summed E-state index contributed by atoms with van der Waals surface area (Å²) in [6, 6.07) is 7.35. The number of ether oxygens (including phenoxy) is 1. The molecule has 1 saturated heterocycles. The lowest BCUT2D eigenvalue weighted by molar-refractivity contribution is -0.134. The average Bonchev–Trinajstić information content (AvgIpc) is 2.86. The summed E-state index contributed by atoms with van der Waals surface area (Å²) in [6.07, 6.45) is 0. The van der Waals surface area contributed by atoms with E-state index in [0.29, 0.717) is 29.8 Å². The van der Waals surface area contributed by atoms with Crippen LogP contribution in [-0.2, 0) is 4.79 Å². The SMILES string of the molecule is C[C@@H]1CNC[C@H]1C(=O)N(C)CCOc1ccccc1Cl. The molecule has 5 heteroatoms. The maximum Gasteiger partial charge on any atom is 0.227 e. The Morgan fingerprint density at radius 3 is 2.85 bits per heavy atom. The molecule has 1 fully saturated rings. The summed E-state index contributed by atoms with van der Waals surface area (Å²) in [7, 11) is 1.82. The van der Waals surface area contributed by atoms with Crippen LogP contribution in [0.5, 0.6) is 5.75 Å². The summed E-state index contributed by atoms with van der Waals surface area (Å²) in [6.45, 7) is 4.81. The Labute approximate surface area is 125 Å². The van der Waals surface area contributed by atoms with Crippen molar-refractivity contribution < 1.29 is 9.53 Å². The maximum absolute atomic E-state index is 12.3. The van der Waals surface area contributed by atoms with E-state index in [1.54, 1.807) is 11.0 Å². The number of amides is 1. The number of benzene rings is 1. The lowest BCUT2D eigenvalue weighted by atomic mass is 9.97. The van der Waals surface area contributed by atoms with Gasteiger partial charge in [-0.1, -0.05) is 30.7 Å². The van der Waals surface area contributed by atoms with Gasteiger partial charge in [-0.05, 0) is 24.6 Å². The van der Waals surface area contributed by atoms with Gasteiger partial charge in [-0.3, -0.25) is 4.79 Å². The van der Waals surface area contributed by atoms with Crippen molar-refractivity contribution >= 4 is 17.5 Å². The van der Waals surface area contributed by atoms with Gasteiger partial charge in [-0.25, -0.2) is 0 Å². The summed E-state index contributed by atoms with van der Waals surface area (Å²) < 4.78 is 5.61. The zero-order valence-electron chi connectivity index (χ0n) is 11.9. The van der Waals surface area contributed by atoms with E-state index < -0.39 is 0 Å². The highest BCUT2D eigenvalue weighted by Gasteiger charge is 2.31. The van der Waals surface area contributed by atoms with Crippen molar-refractivity contribution in [2.24, 2.45) is 11.8 Å². The highest BCUT2D eigenvalue weighted by atomic mass is 35.5. The number of nitrogens with zero attached hydrogens (tertiary/aromatic N) is 1. The molecule has 2 atom stereocenters. The zero-order valence-corrected chi connectivity index (χ0v) is 12.7. The van der Waals surface area contributed by atoms with Crippen LogP contribution in [0.2, 0.25) is 5.02 Å². The molecule has 1 aliphatic rings. The molecule has 0 aliphatic carbocycles. The van der Waals surface area contributed by atoms with E-state index in [-0.39, 0.29) is 11.8 Å². The van der Waals surface area contributed by atoms with E-state index in [9.17, 15) is 4.79 Å². The third kappa shape index (κ3) is 3.64. The Bertz CT molecular complexity index is 467. The fourth-order valence-electron chi connectivity index (χ4n) is 2.39.